The summed E-state index contributed by atoms with van der Waals surface area (Å²) in [7, 11) is 2.05. The molecule has 3 aromatic rings. The van der Waals surface area contributed by atoms with E-state index >= 15 is 0 Å². The van der Waals surface area contributed by atoms with Crippen LogP contribution in [-0.2, 0) is 0 Å². The van der Waals surface area contributed by atoms with Gasteiger partial charge in [0.15, 0.2) is 11.5 Å². The highest BCUT2D eigenvalue weighted by Gasteiger charge is 2.32. The minimum absolute atomic E-state index is 0.385. The van der Waals surface area contributed by atoms with Gasteiger partial charge in [0.25, 0.3) is 0 Å². The minimum atomic E-state index is 0.385. The van der Waals surface area contributed by atoms with Crippen LogP contribution < -0.4 is 9.80 Å². The summed E-state index contributed by atoms with van der Waals surface area (Å²) in [6.45, 7) is 3.74. The van der Waals surface area contributed by atoms with Gasteiger partial charge in [0.05, 0.1) is 23.3 Å². The minimum Gasteiger partial charge on any atom is -0.352 e. The first-order valence-corrected chi connectivity index (χ1v) is 7.14. The van der Waals surface area contributed by atoms with Gasteiger partial charge in [-0.3, -0.25) is 5.10 Å². The molecule has 1 aliphatic rings. The van der Waals surface area contributed by atoms with Crippen LogP contribution in [0.15, 0.2) is 24.7 Å². The zero-order valence-electron chi connectivity index (χ0n) is 12.4. The highest BCUT2D eigenvalue weighted by atomic mass is 15.4. The molecular weight excluding hydrogens is 280 g/mol. The molecule has 4 heterocycles. The molecule has 3 aromatic heterocycles. The second-order valence-corrected chi connectivity index (χ2v) is 5.53. The fourth-order valence-corrected chi connectivity index (χ4v) is 2.65. The first-order valence-electron chi connectivity index (χ1n) is 7.14. The van der Waals surface area contributed by atoms with E-state index in [4.69, 9.17) is 0 Å². The van der Waals surface area contributed by atoms with Gasteiger partial charge in [-0.05, 0) is 19.1 Å². The summed E-state index contributed by atoms with van der Waals surface area (Å²) in [4.78, 5) is 13.0. The molecule has 1 fully saturated rings. The number of aromatic nitrogens is 6. The Morgan fingerprint density at radius 1 is 1.23 bits per heavy atom. The van der Waals surface area contributed by atoms with Gasteiger partial charge in [-0.1, -0.05) is 0 Å². The van der Waals surface area contributed by atoms with Crippen LogP contribution in [0, 0.1) is 6.92 Å². The molecule has 8 nitrogen and oxygen atoms in total. The number of H-pyrrole nitrogens is 1. The predicted molar refractivity (Wildman–Crippen MR) is 82.9 cm³/mol. The molecule has 22 heavy (non-hydrogen) atoms. The van der Waals surface area contributed by atoms with Crippen molar-refractivity contribution in [3.05, 3.63) is 30.4 Å². The van der Waals surface area contributed by atoms with Gasteiger partial charge in [0.1, 0.15) is 12.1 Å². The molecule has 0 atom stereocenters. The molecule has 1 saturated heterocycles. The van der Waals surface area contributed by atoms with Crippen molar-refractivity contribution in [3.63, 3.8) is 0 Å². The Hall–Kier alpha value is -2.77. The van der Waals surface area contributed by atoms with Crippen molar-refractivity contribution < 1.29 is 0 Å². The van der Waals surface area contributed by atoms with Gasteiger partial charge in [0, 0.05) is 20.1 Å². The molecule has 0 saturated carbocycles. The number of aromatic amines is 1. The number of likely N-dealkylation sites (N-methyl/N-ethyl adjacent to an activating group) is 1. The average molecular weight is 296 g/mol. The fraction of sp³-hybridized carbons (Fsp3) is 0.357. The SMILES string of the molecule is Cc1ccc(N2CC(N(C)c3ncnc4[nH]ncc34)C2)nn1. The normalized spacial score (nSPS) is 15.1. The summed E-state index contributed by atoms with van der Waals surface area (Å²) in [6, 6.07) is 4.38. The molecule has 0 radical (unpaired) electrons. The van der Waals surface area contributed by atoms with Crippen LogP contribution >= 0.6 is 0 Å². The largest absolute Gasteiger partial charge is 0.352 e. The third kappa shape index (κ3) is 2.03. The topological polar surface area (TPSA) is 86.7 Å². The van der Waals surface area contributed by atoms with Gasteiger partial charge < -0.3 is 9.80 Å². The summed E-state index contributed by atoms with van der Waals surface area (Å²) < 4.78 is 0. The van der Waals surface area contributed by atoms with Gasteiger partial charge in [-0.15, -0.1) is 5.10 Å². The number of aryl methyl sites for hydroxylation is 1. The second-order valence-electron chi connectivity index (χ2n) is 5.53. The second kappa shape index (κ2) is 4.90. The lowest BCUT2D eigenvalue weighted by Gasteiger charge is -2.44. The summed E-state index contributed by atoms with van der Waals surface area (Å²) in [5.41, 5.74) is 1.69. The number of hydrogen-bond acceptors (Lipinski definition) is 7. The zero-order chi connectivity index (χ0) is 15.1. The molecule has 1 N–H and O–H groups in total. The van der Waals surface area contributed by atoms with E-state index in [0.717, 1.165) is 41.5 Å². The van der Waals surface area contributed by atoms with Crippen LogP contribution in [-0.4, -0.2) is 56.5 Å². The molecule has 8 heteroatoms. The lowest BCUT2D eigenvalue weighted by Crippen LogP contribution is -2.59. The Labute approximate surface area is 127 Å². The Morgan fingerprint density at radius 2 is 2.09 bits per heavy atom. The lowest BCUT2D eigenvalue weighted by molar-refractivity contribution is 0.488. The lowest BCUT2D eigenvalue weighted by atomic mass is 10.1. The first kappa shape index (κ1) is 12.9. The number of fused-ring (bicyclic) bond motifs is 1. The van der Waals surface area contributed by atoms with E-state index < -0.39 is 0 Å². The summed E-state index contributed by atoms with van der Waals surface area (Å²) in [5, 5.41) is 16.2. The molecule has 0 aliphatic carbocycles. The van der Waals surface area contributed by atoms with Crippen molar-refractivity contribution in [2.75, 3.05) is 29.9 Å². The maximum Gasteiger partial charge on any atom is 0.160 e. The van der Waals surface area contributed by atoms with Crippen molar-refractivity contribution in [1.82, 2.24) is 30.4 Å². The van der Waals surface area contributed by atoms with Gasteiger partial charge in [0.2, 0.25) is 0 Å². The summed E-state index contributed by atoms with van der Waals surface area (Å²) in [5.74, 6) is 1.82. The Kier molecular flexibility index (Phi) is 2.88. The molecule has 0 amide bonds. The van der Waals surface area contributed by atoms with Crippen LogP contribution in [0.2, 0.25) is 0 Å². The van der Waals surface area contributed by atoms with E-state index in [1.165, 1.54) is 0 Å². The van der Waals surface area contributed by atoms with Crippen LogP contribution in [0.4, 0.5) is 11.6 Å². The third-order valence-corrected chi connectivity index (χ3v) is 4.08. The smallest absolute Gasteiger partial charge is 0.160 e. The van der Waals surface area contributed by atoms with Crippen molar-refractivity contribution in [2.45, 2.75) is 13.0 Å². The summed E-state index contributed by atoms with van der Waals surface area (Å²) in [6.07, 6.45) is 3.33. The summed E-state index contributed by atoms with van der Waals surface area (Å²) >= 11 is 0. The number of nitrogens with zero attached hydrogens (tertiary/aromatic N) is 7. The Bertz CT molecular complexity index is 790. The highest BCUT2D eigenvalue weighted by molar-refractivity contribution is 5.86. The Balaban J connectivity index is 1.50. The zero-order valence-corrected chi connectivity index (χ0v) is 12.4. The molecule has 112 valence electrons. The molecule has 1 aliphatic heterocycles. The molecule has 4 rings (SSSR count). The van der Waals surface area contributed by atoms with Crippen LogP contribution in [0.25, 0.3) is 11.0 Å². The van der Waals surface area contributed by atoms with Crippen molar-refractivity contribution in [1.29, 1.82) is 0 Å². The third-order valence-electron chi connectivity index (χ3n) is 4.08. The van der Waals surface area contributed by atoms with E-state index in [1.807, 2.05) is 19.1 Å². The average Bonchev–Trinajstić information content (AvgIpc) is 2.96. The van der Waals surface area contributed by atoms with Crippen molar-refractivity contribution in [2.24, 2.45) is 0 Å². The van der Waals surface area contributed by atoms with Gasteiger partial charge >= 0.3 is 0 Å². The van der Waals surface area contributed by atoms with Crippen LogP contribution in [0.5, 0.6) is 0 Å². The maximum absolute atomic E-state index is 4.40. The van der Waals surface area contributed by atoms with E-state index in [0.29, 0.717) is 6.04 Å². The monoisotopic (exact) mass is 296 g/mol. The number of hydrogen-bond donors (Lipinski definition) is 1. The predicted octanol–water partition coefficient (Wildman–Crippen LogP) is 0.776. The van der Waals surface area contributed by atoms with E-state index in [2.05, 4.69) is 47.2 Å². The first-order chi connectivity index (χ1) is 10.7. The maximum atomic E-state index is 4.40. The molecule has 0 bridgehead atoms. The van der Waals surface area contributed by atoms with E-state index in [9.17, 15) is 0 Å². The van der Waals surface area contributed by atoms with Gasteiger partial charge in [-0.25, -0.2) is 9.97 Å². The van der Waals surface area contributed by atoms with Crippen LogP contribution in [0.3, 0.4) is 0 Å². The Morgan fingerprint density at radius 3 is 2.86 bits per heavy atom. The quantitative estimate of drug-likeness (QED) is 0.764. The van der Waals surface area contributed by atoms with Crippen molar-refractivity contribution >= 4 is 22.7 Å². The van der Waals surface area contributed by atoms with Crippen molar-refractivity contribution in [3.8, 4) is 0 Å². The number of nitrogens with one attached hydrogen (secondary N) is 1. The van der Waals surface area contributed by atoms with E-state index in [1.54, 1.807) is 12.5 Å². The van der Waals surface area contributed by atoms with Gasteiger partial charge in [-0.2, -0.15) is 10.2 Å². The number of rotatable bonds is 3. The fourth-order valence-electron chi connectivity index (χ4n) is 2.65. The van der Waals surface area contributed by atoms with Crippen LogP contribution in [0.1, 0.15) is 5.69 Å². The molecular formula is C14H16N8. The standard InChI is InChI=1S/C14H16N8/c1-9-3-4-12(19-18-9)22-6-10(7-22)21(2)14-11-5-17-20-13(11)15-8-16-14/h3-5,8,10H,6-7H2,1-2H3,(H,15,16,17,20). The van der Waals surface area contributed by atoms with E-state index in [-0.39, 0.29) is 0 Å². The molecule has 0 spiro atoms. The molecule has 0 unspecified atom stereocenters. The number of anilines is 2. The highest BCUT2D eigenvalue weighted by Crippen LogP contribution is 2.27. The molecule has 0 aromatic carbocycles.